The van der Waals surface area contributed by atoms with E-state index in [9.17, 15) is 9.59 Å². The SMILES string of the molecule is O=C(NCc1cn2c(n1)SCC2)C1CCN(c2ccccc2)C1=O. The number of fused-ring (bicyclic) bond motifs is 1. The van der Waals surface area contributed by atoms with Gasteiger partial charge in [-0.05, 0) is 18.6 Å². The molecule has 1 aromatic carbocycles. The molecule has 2 aromatic rings. The summed E-state index contributed by atoms with van der Waals surface area (Å²) in [6.07, 6.45) is 2.53. The summed E-state index contributed by atoms with van der Waals surface area (Å²) in [6.45, 7) is 1.92. The summed E-state index contributed by atoms with van der Waals surface area (Å²) in [7, 11) is 0. The van der Waals surface area contributed by atoms with Crippen LogP contribution in [0.1, 0.15) is 12.1 Å². The Hall–Kier alpha value is -2.28. The third kappa shape index (κ3) is 2.80. The van der Waals surface area contributed by atoms with Gasteiger partial charge in [-0.25, -0.2) is 4.98 Å². The van der Waals surface area contributed by atoms with Crippen LogP contribution in [0.4, 0.5) is 5.69 Å². The molecule has 1 atom stereocenters. The number of nitrogens with one attached hydrogen (secondary N) is 1. The largest absolute Gasteiger partial charge is 0.350 e. The number of benzene rings is 1. The molecule has 1 aromatic heterocycles. The summed E-state index contributed by atoms with van der Waals surface area (Å²) in [6, 6.07) is 9.48. The van der Waals surface area contributed by atoms with Gasteiger partial charge < -0.3 is 14.8 Å². The molecule has 1 unspecified atom stereocenters. The Morgan fingerprint density at radius 3 is 2.92 bits per heavy atom. The van der Waals surface area contributed by atoms with E-state index < -0.39 is 5.92 Å². The Morgan fingerprint density at radius 2 is 2.12 bits per heavy atom. The summed E-state index contributed by atoms with van der Waals surface area (Å²) in [5.41, 5.74) is 1.69. The number of amides is 2. The van der Waals surface area contributed by atoms with E-state index in [0.717, 1.165) is 28.8 Å². The van der Waals surface area contributed by atoms with Crippen molar-refractivity contribution >= 4 is 29.3 Å². The molecule has 0 spiro atoms. The van der Waals surface area contributed by atoms with E-state index in [1.165, 1.54) is 0 Å². The van der Waals surface area contributed by atoms with E-state index in [1.54, 1.807) is 16.7 Å². The molecule has 2 aliphatic heterocycles. The van der Waals surface area contributed by atoms with Crippen LogP contribution >= 0.6 is 11.8 Å². The number of anilines is 1. The Labute approximate surface area is 144 Å². The lowest BCUT2D eigenvalue weighted by Gasteiger charge is -2.16. The fourth-order valence-corrected chi connectivity index (χ4v) is 4.10. The van der Waals surface area contributed by atoms with Crippen LogP contribution in [0.3, 0.4) is 0 Å². The predicted molar refractivity (Wildman–Crippen MR) is 91.7 cm³/mol. The van der Waals surface area contributed by atoms with Gasteiger partial charge in [-0.3, -0.25) is 9.59 Å². The molecule has 124 valence electrons. The molecule has 0 aliphatic carbocycles. The number of rotatable bonds is 4. The summed E-state index contributed by atoms with van der Waals surface area (Å²) in [5, 5.41) is 3.87. The van der Waals surface area contributed by atoms with Crippen molar-refractivity contribution in [3.63, 3.8) is 0 Å². The summed E-state index contributed by atoms with van der Waals surface area (Å²) < 4.78 is 2.10. The molecule has 7 heteroatoms. The number of imidazole rings is 1. The van der Waals surface area contributed by atoms with E-state index >= 15 is 0 Å². The number of aryl methyl sites for hydroxylation is 1. The van der Waals surface area contributed by atoms with Crippen LogP contribution < -0.4 is 10.2 Å². The van der Waals surface area contributed by atoms with E-state index in [0.29, 0.717) is 19.5 Å². The highest BCUT2D eigenvalue weighted by molar-refractivity contribution is 7.99. The molecule has 0 saturated carbocycles. The average molecular weight is 342 g/mol. The first-order valence-corrected chi connectivity index (χ1v) is 9.04. The molecule has 24 heavy (non-hydrogen) atoms. The van der Waals surface area contributed by atoms with Gasteiger partial charge in [-0.1, -0.05) is 30.0 Å². The monoisotopic (exact) mass is 342 g/mol. The molecule has 1 N–H and O–H groups in total. The minimum atomic E-state index is -0.603. The number of hydrogen-bond donors (Lipinski definition) is 1. The first-order chi connectivity index (χ1) is 11.7. The highest BCUT2D eigenvalue weighted by Gasteiger charge is 2.37. The number of carbonyl (C=O) groups excluding carboxylic acids is 2. The van der Waals surface area contributed by atoms with Crippen molar-refractivity contribution in [2.75, 3.05) is 17.2 Å². The zero-order valence-electron chi connectivity index (χ0n) is 13.1. The summed E-state index contributed by atoms with van der Waals surface area (Å²) in [4.78, 5) is 31.1. The van der Waals surface area contributed by atoms with Crippen molar-refractivity contribution < 1.29 is 9.59 Å². The first kappa shape index (κ1) is 15.3. The highest BCUT2D eigenvalue weighted by Crippen LogP contribution is 2.26. The van der Waals surface area contributed by atoms with Crippen LogP contribution in [0, 0.1) is 5.92 Å². The van der Waals surface area contributed by atoms with Crippen molar-refractivity contribution in [1.82, 2.24) is 14.9 Å². The maximum absolute atomic E-state index is 12.5. The molecular weight excluding hydrogens is 324 g/mol. The second kappa shape index (κ2) is 6.32. The van der Waals surface area contributed by atoms with Crippen LogP contribution in [0.15, 0.2) is 41.7 Å². The van der Waals surface area contributed by atoms with Gasteiger partial charge >= 0.3 is 0 Å². The van der Waals surface area contributed by atoms with Gasteiger partial charge in [0.15, 0.2) is 5.16 Å². The molecule has 3 heterocycles. The summed E-state index contributed by atoms with van der Waals surface area (Å²) >= 11 is 1.72. The van der Waals surface area contributed by atoms with Crippen LogP contribution in [0.25, 0.3) is 0 Å². The second-order valence-electron chi connectivity index (χ2n) is 5.94. The first-order valence-electron chi connectivity index (χ1n) is 8.05. The van der Waals surface area contributed by atoms with Crippen LogP contribution in [-0.4, -0.2) is 33.7 Å². The van der Waals surface area contributed by atoms with Gasteiger partial charge in [0.25, 0.3) is 0 Å². The van der Waals surface area contributed by atoms with Crippen molar-refractivity contribution in [3.8, 4) is 0 Å². The standard InChI is InChI=1S/C17H18N4O2S/c22-15(18-10-12-11-20-8-9-24-17(20)19-12)14-6-7-21(16(14)23)13-4-2-1-3-5-13/h1-5,11,14H,6-10H2,(H,18,22). The maximum atomic E-state index is 12.5. The zero-order valence-corrected chi connectivity index (χ0v) is 14.0. The van der Waals surface area contributed by atoms with Crippen LogP contribution in [0.2, 0.25) is 0 Å². The van der Waals surface area contributed by atoms with Crippen LogP contribution in [-0.2, 0) is 22.7 Å². The summed E-state index contributed by atoms with van der Waals surface area (Å²) in [5.74, 6) is 0.121. The average Bonchev–Trinajstić information content (AvgIpc) is 3.28. The quantitative estimate of drug-likeness (QED) is 0.858. The van der Waals surface area contributed by atoms with E-state index in [4.69, 9.17) is 0 Å². The normalized spacial score (nSPS) is 19.6. The minimum Gasteiger partial charge on any atom is -0.350 e. The van der Waals surface area contributed by atoms with Gasteiger partial charge in [-0.2, -0.15) is 0 Å². The smallest absolute Gasteiger partial charge is 0.239 e. The molecule has 1 fully saturated rings. The van der Waals surface area contributed by atoms with Gasteiger partial charge in [0.05, 0.1) is 12.2 Å². The number of hydrogen-bond acceptors (Lipinski definition) is 4. The second-order valence-corrected chi connectivity index (χ2v) is 7.00. The molecule has 1 saturated heterocycles. The minimum absolute atomic E-state index is 0.124. The lowest BCUT2D eigenvalue weighted by Crippen LogP contribution is -2.36. The number of para-hydroxylation sites is 1. The molecule has 6 nitrogen and oxygen atoms in total. The van der Waals surface area contributed by atoms with E-state index in [2.05, 4.69) is 14.9 Å². The predicted octanol–water partition coefficient (Wildman–Crippen LogP) is 1.66. The Bertz CT molecular complexity index is 753. The van der Waals surface area contributed by atoms with E-state index in [-0.39, 0.29) is 11.8 Å². The fourth-order valence-electron chi connectivity index (χ4n) is 3.14. The van der Waals surface area contributed by atoms with Crippen molar-refractivity contribution in [2.24, 2.45) is 5.92 Å². The maximum Gasteiger partial charge on any atom is 0.239 e. The molecule has 0 radical (unpaired) electrons. The Morgan fingerprint density at radius 1 is 1.29 bits per heavy atom. The van der Waals surface area contributed by atoms with Gasteiger partial charge in [0.1, 0.15) is 5.92 Å². The Kier molecular flexibility index (Phi) is 4.02. The molecule has 0 bridgehead atoms. The van der Waals surface area contributed by atoms with Gasteiger partial charge in [0, 0.05) is 30.7 Å². The molecular formula is C17H18N4O2S. The van der Waals surface area contributed by atoms with Crippen molar-refractivity contribution in [1.29, 1.82) is 0 Å². The Balaban J connectivity index is 1.37. The molecule has 2 amide bonds. The lowest BCUT2D eigenvalue weighted by atomic mass is 10.1. The highest BCUT2D eigenvalue weighted by atomic mass is 32.2. The third-order valence-corrected chi connectivity index (χ3v) is 5.36. The van der Waals surface area contributed by atoms with Crippen molar-refractivity contribution in [2.45, 2.75) is 24.7 Å². The number of carbonyl (C=O) groups is 2. The lowest BCUT2D eigenvalue weighted by molar-refractivity contribution is -0.132. The van der Waals surface area contributed by atoms with E-state index in [1.807, 2.05) is 36.5 Å². The zero-order chi connectivity index (χ0) is 16.5. The van der Waals surface area contributed by atoms with Crippen molar-refractivity contribution in [3.05, 3.63) is 42.2 Å². The number of aromatic nitrogens is 2. The number of thioether (sulfide) groups is 1. The fraction of sp³-hybridized carbons (Fsp3) is 0.353. The molecule has 2 aliphatic rings. The van der Waals surface area contributed by atoms with Crippen LogP contribution in [0.5, 0.6) is 0 Å². The third-order valence-electron chi connectivity index (χ3n) is 4.39. The van der Waals surface area contributed by atoms with Gasteiger partial charge in [-0.15, -0.1) is 0 Å². The molecule has 4 rings (SSSR count). The number of nitrogens with zero attached hydrogens (tertiary/aromatic N) is 3. The van der Waals surface area contributed by atoms with Gasteiger partial charge in [0.2, 0.25) is 11.8 Å². The topological polar surface area (TPSA) is 67.2 Å².